The highest BCUT2D eigenvalue weighted by Gasteiger charge is 2.30. The Morgan fingerprint density at radius 1 is 1.26 bits per heavy atom. The first kappa shape index (κ1) is 23.6. The van der Waals surface area contributed by atoms with E-state index in [1.807, 2.05) is 0 Å². The Morgan fingerprint density at radius 2 is 2.03 bits per heavy atom. The number of hydrogen-bond acceptors (Lipinski definition) is 7. The van der Waals surface area contributed by atoms with Crippen molar-refractivity contribution in [3.05, 3.63) is 41.6 Å². The number of ether oxygens (including phenoxy) is 2. The molecule has 2 unspecified atom stereocenters. The van der Waals surface area contributed by atoms with Gasteiger partial charge in [-0.2, -0.15) is 4.98 Å². The highest BCUT2D eigenvalue weighted by atomic mass is 35.5. The molecule has 2 atom stereocenters. The second-order valence-electron chi connectivity index (χ2n) is 8.10. The Balaban J connectivity index is 1.54. The van der Waals surface area contributed by atoms with E-state index in [0.717, 1.165) is 31.2 Å². The van der Waals surface area contributed by atoms with E-state index in [1.54, 1.807) is 18.3 Å². The van der Waals surface area contributed by atoms with E-state index in [1.165, 1.54) is 25.2 Å². The van der Waals surface area contributed by atoms with Crippen LogP contribution >= 0.6 is 11.6 Å². The van der Waals surface area contributed by atoms with Crippen molar-refractivity contribution in [2.45, 2.75) is 44.3 Å². The maximum absolute atomic E-state index is 13.0. The van der Waals surface area contributed by atoms with Gasteiger partial charge in [0.15, 0.2) is 0 Å². The molecule has 3 N–H and O–H groups in total. The van der Waals surface area contributed by atoms with Gasteiger partial charge in [-0.25, -0.2) is 9.78 Å². The van der Waals surface area contributed by atoms with Crippen LogP contribution < -0.4 is 30.3 Å². The van der Waals surface area contributed by atoms with Gasteiger partial charge in [0.25, 0.3) is 0 Å². The molecule has 180 valence electrons. The minimum atomic E-state index is -0.386. The molecule has 2 aliphatic rings. The van der Waals surface area contributed by atoms with Crippen LogP contribution in [0.15, 0.2) is 31.0 Å². The van der Waals surface area contributed by atoms with Gasteiger partial charge in [-0.15, -0.1) is 0 Å². The van der Waals surface area contributed by atoms with Crippen molar-refractivity contribution in [1.29, 1.82) is 0 Å². The quantitative estimate of drug-likeness (QED) is 0.510. The van der Waals surface area contributed by atoms with Gasteiger partial charge in [0.2, 0.25) is 11.9 Å². The summed E-state index contributed by atoms with van der Waals surface area (Å²) in [5, 5.41) is 9.40. The minimum Gasteiger partial charge on any atom is -0.497 e. The number of halogens is 1. The monoisotopic (exact) mass is 486 g/mol. The summed E-state index contributed by atoms with van der Waals surface area (Å²) in [4.78, 5) is 35.2. The third-order valence-electron chi connectivity index (χ3n) is 6.00. The summed E-state index contributed by atoms with van der Waals surface area (Å²) in [5.41, 5.74) is 1.18. The summed E-state index contributed by atoms with van der Waals surface area (Å²) in [5.74, 6) is 1.52. The highest BCUT2D eigenvalue weighted by Crippen LogP contribution is 2.40. The molecule has 1 fully saturated rings. The van der Waals surface area contributed by atoms with Crippen LogP contribution in [0.3, 0.4) is 0 Å². The Bertz CT molecular complexity index is 1110. The lowest BCUT2D eigenvalue weighted by Crippen LogP contribution is -2.48. The van der Waals surface area contributed by atoms with Crippen molar-refractivity contribution in [2.75, 3.05) is 29.8 Å². The first-order valence-electron chi connectivity index (χ1n) is 11.0. The third kappa shape index (κ3) is 4.86. The summed E-state index contributed by atoms with van der Waals surface area (Å²) in [6.07, 6.45) is 6.75. The molecule has 2 heterocycles. The maximum Gasteiger partial charge on any atom is 0.327 e. The van der Waals surface area contributed by atoms with Crippen LogP contribution in [0.2, 0.25) is 5.02 Å². The van der Waals surface area contributed by atoms with E-state index in [0.29, 0.717) is 34.0 Å². The van der Waals surface area contributed by atoms with Crippen molar-refractivity contribution < 1.29 is 19.1 Å². The largest absolute Gasteiger partial charge is 0.497 e. The molecule has 34 heavy (non-hydrogen) atoms. The number of hydrogen-bond donors (Lipinski definition) is 3. The van der Waals surface area contributed by atoms with Crippen LogP contribution in [0.5, 0.6) is 11.5 Å². The molecule has 10 nitrogen and oxygen atoms in total. The number of carbonyl (C=O) groups excluding carboxylic acids is 2. The highest BCUT2D eigenvalue weighted by molar-refractivity contribution is 6.35. The van der Waals surface area contributed by atoms with Crippen molar-refractivity contribution in [1.82, 2.24) is 15.3 Å². The molecular formula is C23H27ClN6O4. The van der Waals surface area contributed by atoms with Gasteiger partial charge in [0, 0.05) is 36.0 Å². The number of methoxy groups -OCH3 is 2. The number of amides is 3. The molecule has 0 radical (unpaired) electrons. The van der Waals surface area contributed by atoms with Gasteiger partial charge < -0.3 is 20.1 Å². The van der Waals surface area contributed by atoms with Crippen molar-refractivity contribution in [3.63, 3.8) is 0 Å². The number of urea groups is 1. The third-order valence-corrected chi connectivity index (χ3v) is 6.38. The molecule has 1 saturated carbocycles. The number of nitrogens with one attached hydrogen (secondary N) is 3. The van der Waals surface area contributed by atoms with E-state index < -0.39 is 0 Å². The van der Waals surface area contributed by atoms with E-state index in [-0.39, 0.29) is 30.6 Å². The standard InChI is InChI=1S/C23H27ClN6O4/c1-4-19(31)26-15-7-5-6-8-16(15)27-22-25-11-13-12-30(23(32)29-21(13)28-22)17-9-14(33-2)10-18(34-3)20(17)24/h4,9-11,15-16H,1,5-8,12H2,2-3H3,(H,26,31)(H2,25,27,28,29,32). The molecule has 1 aromatic carbocycles. The van der Waals surface area contributed by atoms with Crippen LogP contribution in [0.1, 0.15) is 31.2 Å². The smallest absolute Gasteiger partial charge is 0.327 e. The molecule has 4 rings (SSSR count). The number of rotatable bonds is 7. The van der Waals surface area contributed by atoms with Gasteiger partial charge in [-0.1, -0.05) is 31.0 Å². The fourth-order valence-electron chi connectivity index (χ4n) is 4.21. The summed E-state index contributed by atoms with van der Waals surface area (Å²) >= 11 is 6.48. The van der Waals surface area contributed by atoms with Crippen molar-refractivity contribution in [3.8, 4) is 11.5 Å². The number of anilines is 3. The average Bonchev–Trinajstić information content (AvgIpc) is 2.85. The van der Waals surface area contributed by atoms with E-state index in [4.69, 9.17) is 21.1 Å². The van der Waals surface area contributed by atoms with Crippen LogP contribution in [-0.4, -0.2) is 48.2 Å². The second-order valence-corrected chi connectivity index (χ2v) is 8.48. The van der Waals surface area contributed by atoms with Crippen LogP contribution in [0.4, 0.5) is 22.2 Å². The van der Waals surface area contributed by atoms with Crippen LogP contribution in [0, 0.1) is 0 Å². The predicted octanol–water partition coefficient (Wildman–Crippen LogP) is 3.72. The summed E-state index contributed by atoms with van der Waals surface area (Å²) < 4.78 is 10.6. The molecule has 2 aromatic rings. The molecule has 1 aromatic heterocycles. The first-order valence-corrected chi connectivity index (χ1v) is 11.4. The van der Waals surface area contributed by atoms with Crippen LogP contribution in [-0.2, 0) is 11.3 Å². The molecule has 1 aliphatic heterocycles. The molecule has 0 spiro atoms. The average molecular weight is 487 g/mol. The second kappa shape index (κ2) is 10.2. The van der Waals surface area contributed by atoms with Crippen molar-refractivity contribution in [2.24, 2.45) is 0 Å². The van der Waals surface area contributed by atoms with Crippen molar-refractivity contribution >= 4 is 41.0 Å². The normalized spacial score (nSPS) is 19.5. The number of nitrogens with zero attached hydrogens (tertiary/aromatic N) is 3. The van der Waals surface area contributed by atoms with Gasteiger partial charge in [-0.3, -0.25) is 15.0 Å². The van der Waals surface area contributed by atoms with Gasteiger partial charge in [0.1, 0.15) is 22.3 Å². The summed E-state index contributed by atoms with van der Waals surface area (Å²) in [7, 11) is 3.03. The van der Waals surface area contributed by atoms with Gasteiger partial charge >= 0.3 is 6.03 Å². The zero-order chi connectivity index (χ0) is 24.2. The SMILES string of the molecule is C=CC(=O)NC1CCCCC1Nc1ncc2c(n1)NC(=O)N(c1cc(OC)cc(OC)c1Cl)C2. The molecule has 1 aliphatic carbocycles. The van der Waals surface area contributed by atoms with Gasteiger partial charge in [-0.05, 0) is 18.9 Å². The summed E-state index contributed by atoms with van der Waals surface area (Å²) in [6, 6.07) is 2.87. The number of fused-ring (bicyclic) bond motifs is 1. The lowest BCUT2D eigenvalue weighted by atomic mass is 9.90. The Morgan fingerprint density at radius 3 is 2.74 bits per heavy atom. The molecule has 3 amide bonds. The molecule has 0 bridgehead atoms. The zero-order valence-corrected chi connectivity index (χ0v) is 19.8. The first-order chi connectivity index (χ1) is 16.4. The number of benzene rings is 1. The van der Waals surface area contributed by atoms with E-state index >= 15 is 0 Å². The molecule has 11 heteroatoms. The number of carbonyl (C=O) groups is 2. The fourth-order valence-corrected chi connectivity index (χ4v) is 4.50. The number of aromatic nitrogens is 2. The lowest BCUT2D eigenvalue weighted by Gasteiger charge is -2.33. The van der Waals surface area contributed by atoms with E-state index in [9.17, 15) is 9.59 Å². The van der Waals surface area contributed by atoms with Crippen LogP contribution in [0.25, 0.3) is 0 Å². The minimum absolute atomic E-state index is 0.0189. The predicted molar refractivity (Wildman–Crippen MR) is 130 cm³/mol. The Kier molecular flexibility index (Phi) is 7.06. The van der Waals surface area contributed by atoms with Gasteiger partial charge in [0.05, 0.1) is 26.5 Å². The Labute approximate surface area is 202 Å². The maximum atomic E-state index is 13.0. The fraction of sp³-hybridized carbons (Fsp3) is 0.391. The molecular weight excluding hydrogens is 460 g/mol. The topological polar surface area (TPSA) is 118 Å². The lowest BCUT2D eigenvalue weighted by molar-refractivity contribution is -0.117. The molecule has 0 saturated heterocycles. The zero-order valence-electron chi connectivity index (χ0n) is 19.1. The van der Waals surface area contributed by atoms with E-state index in [2.05, 4.69) is 32.5 Å². The summed E-state index contributed by atoms with van der Waals surface area (Å²) in [6.45, 7) is 3.74. The Hall–Kier alpha value is -3.53.